The largest absolute Gasteiger partial charge is 0.439 e. The molecule has 0 atom stereocenters. The second-order valence-electron chi connectivity index (χ2n) is 6.95. The lowest BCUT2D eigenvalue weighted by Crippen LogP contribution is -2.37. The third-order valence-corrected chi connectivity index (χ3v) is 4.88. The molecule has 0 saturated carbocycles. The average Bonchev–Trinajstić information content (AvgIpc) is 3.38. The number of rotatable bonds is 6. The molecule has 0 amide bonds. The van der Waals surface area contributed by atoms with Gasteiger partial charge in [0.2, 0.25) is 5.89 Å². The molecule has 29 heavy (non-hydrogen) atoms. The summed E-state index contributed by atoms with van der Waals surface area (Å²) >= 11 is 0. The smallest absolute Gasteiger partial charge is 0.214 e. The maximum absolute atomic E-state index is 5.86. The molecule has 0 spiro atoms. The highest BCUT2D eigenvalue weighted by Gasteiger charge is 2.08. The standard InChI is InChI=1S/C23H25N5O/c1-16-7-9-17(10-8-16)21-14-27-22(29-21)15-28-23(24-2)25-12-11-18-13-26-20-6-4-3-5-19(18)20/h3-10,13-14,26H,11-12,15H2,1-2H3,(H2,24,25,28). The molecule has 2 aromatic heterocycles. The van der Waals surface area contributed by atoms with Crippen LogP contribution < -0.4 is 10.6 Å². The third-order valence-electron chi connectivity index (χ3n) is 4.88. The monoisotopic (exact) mass is 387 g/mol. The molecule has 2 heterocycles. The van der Waals surface area contributed by atoms with Crippen LogP contribution in [0.1, 0.15) is 17.0 Å². The van der Waals surface area contributed by atoms with E-state index >= 15 is 0 Å². The van der Waals surface area contributed by atoms with Crippen LogP contribution in [0.15, 0.2) is 70.3 Å². The minimum atomic E-state index is 0.471. The number of para-hydroxylation sites is 1. The predicted molar refractivity (Wildman–Crippen MR) is 117 cm³/mol. The van der Waals surface area contributed by atoms with Crippen LogP contribution in [0.3, 0.4) is 0 Å². The summed E-state index contributed by atoms with van der Waals surface area (Å²) < 4.78 is 5.86. The minimum absolute atomic E-state index is 0.471. The van der Waals surface area contributed by atoms with Crippen molar-refractivity contribution in [3.05, 3.63) is 77.9 Å². The Hall–Kier alpha value is -3.54. The molecule has 0 bridgehead atoms. The van der Waals surface area contributed by atoms with Gasteiger partial charge in [0.15, 0.2) is 11.7 Å². The Balaban J connectivity index is 1.29. The van der Waals surface area contributed by atoms with Crippen molar-refractivity contribution in [2.45, 2.75) is 19.9 Å². The fraction of sp³-hybridized carbons (Fsp3) is 0.217. The van der Waals surface area contributed by atoms with Gasteiger partial charge in [-0.2, -0.15) is 0 Å². The Morgan fingerprint density at radius 3 is 2.76 bits per heavy atom. The first-order valence-electron chi connectivity index (χ1n) is 9.74. The number of aromatic amines is 1. The highest BCUT2D eigenvalue weighted by Crippen LogP contribution is 2.20. The number of aromatic nitrogens is 2. The van der Waals surface area contributed by atoms with Crippen LogP contribution in [0.4, 0.5) is 0 Å². The number of nitrogens with zero attached hydrogens (tertiary/aromatic N) is 2. The number of aliphatic imine (C=N–C) groups is 1. The van der Waals surface area contributed by atoms with Crippen LogP contribution >= 0.6 is 0 Å². The van der Waals surface area contributed by atoms with E-state index in [0.717, 1.165) is 30.2 Å². The van der Waals surface area contributed by atoms with E-state index in [-0.39, 0.29) is 0 Å². The minimum Gasteiger partial charge on any atom is -0.439 e. The van der Waals surface area contributed by atoms with Gasteiger partial charge in [-0.05, 0) is 25.0 Å². The molecule has 2 aromatic carbocycles. The maximum Gasteiger partial charge on any atom is 0.214 e. The second kappa shape index (κ2) is 8.65. The van der Waals surface area contributed by atoms with Crippen molar-refractivity contribution in [3.8, 4) is 11.3 Å². The van der Waals surface area contributed by atoms with Crippen LogP contribution in [0.5, 0.6) is 0 Å². The van der Waals surface area contributed by atoms with Crippen LogP contribution in [0.2, 0.25) is 0 Å². The molecule has 6 heteroatoms. The highest BCUT2D eigenvalue weighted by atomic mass is 16.4. The van der Waals surface area contributed by atoms with Crippen molar-refractivity contribution in [3.63, 3.8) is 0 Å². The van der Waals surface area contributed by atoms with Crippen LogP contribution in [-0.4, -0.2) is 29.5 Å². The predicted octanol–water partition coefficient (Wildman–Crippen LogP) is 4.04. The van der Waals surface area contributed by atoms with Crippen LogP contribution in [0, 0.1) is 6.92 Å². The summed E-state index contributed by atoms with van der Waals surface area (Å²) in [6.07, 6.45) is 4.73. The summed E-state index contributed by atoms with van der Waals surface area (Å²) in [6, 6.07) is 16.5. The first-order valence-corrected chi connectivity index (χ1v) is 9.74. The number of oxazole rings is 1. The van der Waals surface area contributed by atoms with E-state index in [1.165, 1.54) is 22.0 Å². The van der Waals surface area contributed by atoms with Gasteiger partial charge in [-0.15, -0.1) is 0 Å². The van der Waals surface area contributed by atoms with Crippen LogP contribution in [0.25, 0.3) is 22.2 Å². The van der Waals surface area contributed by atoms with Gasteiger partial charge in [0.1, 0.15) is 0 Å². The van der Waals surface area contributed by atoms with Crippen molar-refractivity contribution < 1.29 is 4.42 Å². The number of fused-ring (bicyclic) bond motifs is 1. The molecular weight excluding hydrogens is 362 g/mol. The van der Waals surface area contributed by atoms with Gasteiger partial charge in [0.05, 0.1) is 12.7 Å². The lowest BCUT2D eigenvalue weighted by atomic mass is 10.1. The Morgan fingerprint density at radius 1 is 1.10 bits per heavy atom. The van der Waals surface area contributed by atoms with Crippen molar-refractivity contribution in [2.75, 3.05) is 13.6 Å². The summed E-state index contributed by atoms with van der Waals surface area (Å²) in [5.74, 6) is 2.11. The lowest BCUT2D eigenvalue weighted by molar-refractivity contribution is 0.497. The second-order valence-corrected chi connectivity index (χ2v) is 6.95. The van der Waals surface area contributed by atoms with E-state index < -0.39 is 0 Å². The van der Waals surface area contributed by atoms with Gasteiger partial charge >= 0.3 is 0 Å². The van der Waals surface area contributed by atoms with Crippen molar-refractivity contribution in [1.29, 1.82) is 0 Å². The topological polar surface area (TPSA) is 78.2 Å². The normalized spacial score (nSPS) is 11.7. The number of nitrogens with one attached hydrogen (secondary N) is 3. The summed E-state index contributed by atoms with van der Waals surface area (Å²) in [6.45, 7) is 3.32. The quantitative estimate of drug-likeness (QED) is 0.345. The van der Waals surface area contributed by atoms with Crippen LogP contribution in [-0.2, 0) is 13.0 Å². The Morgan fingerprint density at radius 2 is 1.93 bits per heavy atom. The van der Waals surface area contributed by atoms with Crippen molar-refractivity contribution in [2.24, 2.45) is 4.99 Å². The molecule has 3 N–H and O–H groups in total. The summed E-state index contributed by atoms with van der Waals surface area (Å²) in [5, 5.41) is 7.86. The summed E-state index contributed by atoms with van der Waals surface area (Å²) in [5.41, 5.74) is 4.70. The molecule has 0 fully saturated rings. The fourth-order valence-corrected chi connectivity index (χ4v) is 3.28. The fourth-order valence-electron chi connectivity index (χ4n) is 3.28. The molecule has 0 radical (unpaired) electrons. The van der Waals surface area contributed by atoms with E-state index in [1.807, 2.05) is 18.2 Å². The zero-order valence-corrected chi connectivity index (χ0v) is 16.7. The molecule has 6 nitrogen and oxygen atoms in total. The van der Waals surface area contributed by atoms with Crippen molar-refractivity contribution in [1.82, 2.24) is 20.6 Å². The lowest BCUT2D eigenvalue weighted by Gasteiger charge is -2.10. The zero-order valence-electron chi connectivity index (χ0n) is 16.7. The number of guanidine groups is 1. The first kappa shape index (κ1) is 18.8. The average molecular weight is 387 g/mol. The van der Waals surface area contributed by atoms with Gasteiger partial charge in [-0.25, -0.2) is 4.98 Å². The number of hydrogen-bond donors (Lipinski definition) is 3. The van der Waals surface area contributed by atoms with Gasteiger partial charge in [0, 0.05) is 36.3 Å². The number of hydrogen-bond acceptors (Lipinski definition) is 3. The third kappa shape index (κ3) is 4.48. The molecule has 148 valence electrons. The van der Waals surface area contributed by atoms with Gasteiger partial charge in [-0.3, -0.25) is 4.99 Å². The van der Waals surface area contributed by atoms with E-state index in [2.05, 4.69) is 69.0 Å². The molecular formula is C23H25N5O. The molecule has 0 unspecified atom stereocenters. The molecule has 0 aliphatic heterocycles. The van der Waals surface area contributed by atoms with E-state index in [1.54, 1.807) is 13.2 Å². The Labute approximate surface area is 170 Å². The highest BCUT2D eigenvalue weighted by molar-refractivity contribution is 5.83. The molecule has 4 aromatic rings. The molecule has 0 aliphatic rings. The maximum atomic E-state index is 5.86. The first-order chi connectivity index (χ1) is 14.2. The summed E-state index contributed by atoms with van der Waals surface area (Å²) in [4.78, 5) is 11.9. The van der Waals surface area contributed by atoms with E-state index in [9.17, 15) is 0 Å². The SMILES string of the molecule is CN=C(NCCc1c[nH]c2ccccc12)NCc1ncc(-c2ccc(C)cc2)o1. The number of H-pyrrole nitrogens is 1. The molecule has 4 rings (SSSR count). The zero-order chi connectivity index (χ0) is 20.1. The summed E-state index contributed by atoms with van der Waals surface area (Å²) in [7, 11) is 1.76. The Bertz CT molecular complexity index is 1110. The number of benzene rings is 2. The van der Waals surface area contributed by atoms with Gasteiger partial charge < -0.3 is 20.0 Å². The van der Waals surface area contributed by atoms with E-state index in [4.69, 9.17) is 4.42 Å². The number of aryl methyl sites for hydroxylation is 1. The molecule has 0 saturated heterocycles. The molecule has 0 aliphatic carbocycles. The van der Waals surface area contributed by atoms with E-state index in [0.29, 0.717) is 12.4 Å². The Kier molecular flexibility index (Phi) is 5.61. The van der Waals surface area contributed by atoms with Gasteiger partial charge in [-0.1, -0.05) is 48.0 Å². The van der Waals surface area contributed by atoms with Gasteiger partial charge in [0.25, 0.3) is 0 Å². The van der Waals surface area contributed by atoms with Crippen molar-refractivity contribution >= 4 is 16.9 Å².